The summed E-state index contributed by atoms with van der Waals surface area (Å²) in [6.45, 7) is 13.0. The summed E-state index contributed by atoms with van der Waals surface area (Å²) >= 11 is 0. The molecule has 0 aliphatic rings. The zero-order chi connectivity index (χ0) is 11.9. The molecule has 0 aromatic carbocycles. The lowest BCUT2D eigenvalue weighted by atomic mass is 10.2. The quantitative estimate of drug-likeness (QED) is 0.548. The Labute approximate surface area is 97.0 Å². The Morgan fingerprint density at radius 1 is 0.933 bits per heavy atom. The van der Waals surface area contributed by atoms with E-state index >= 15 is 0 Å². The summed E-state index contributed by atoms with van der Waals surface area (Å²) in [7, 11) is 1.77. The predicted molar refractivity (Wildman–Crippen MR) is 69.5 cm³/mol. The van der Waals surface area contributed by atoms with E-state index in [4.69, 9.17) is 4.74 Å². The molecule has 0 aromatic rings. The molecule has 15 heavy (non-hydrogen) atoms. The number of hydrogen-bond acceptors (Lipinski definition) is 2. The standard InChI is InChI=1S/C11H25NO.C2H6/c1-4-6-7-9-12(5-2)10-8-11-13-3;1-2/h4-11H2,1-3H3;1-2H3. The second-order valence-corrected chi connectivity index (χ2v) is 3.49. The van der Waals surface area contributed by atoms with Gasteiger partial charge in [-0.2, -0.15) is 0 Å². The lowest BCUT2D eigenvalue weighted by Crippen LogP contribution is -2.26. The fourth-order valence-corrected chi connectivity index (χ4v) is 1.45. The third kappa shape index (κ3) is 13.9. The Hall–Kier alpha value is -0.0800. The second-order valence-electron chi connectivity index (χ2n) is 3.49. The molecular formula is C13H31NO. The lowest BCUT2D eigenvalue weighted by Gasteiger charge is -2.19. The van der Waals surface area contributed by atoms with Crippen LogP contribution in [0.1, 0.15) is 53.4 Å². The molecule has 0 radical (unpaired) electrons. The van der Waals surface area contributed by atoms with Gasteiger partial charge in [-0.05, 0) is 25.9 Å². The molecule has 0 fully saturated rings. The molecule has 0 saturated heterocycles. The number of hydrogen-bond donors (Lipinski definition) is 0. The van der Waals surface area contributed by atoms with Gasteiger partial charge in [0.15, 0.2) is 0 Å². The highest BCUT2D eigenvalue weighted by Crippen LogP contribution is 1.99. The van der Waals surface area contributed by atoms with Crippen LogP contribution in [-0.4, -0.2) is 38.3 Å². The lowest BCUT2D eigenvalue weighted by molar-refractivity contribution is 0.173. The third-order valence-corrected chi connectivity index (χ3v) is 2.35. The fourth-order valence-electron chi connectivity index (χ4n) is 1.45. The highest BCUT2D eigenvalue weighted by Gasteiger charge is 2.00. The maximum absolute atomic E-state index is 5.04. The van der Waals surface area contributed by atoms with E-state index in [0.29, 0.717) is 0 Å². The average Bonchev–Trinajstić information content (AvgIpc) is 2.30. The highest BCUT2D eigenvalue weighted by molar-refractivity contribution is 4.55. The first-order chi connectivity index (χ1) is 7.35. The molecule has 0 rings (SSSR count). The molecule has 0 unspecified atom stereocenters. The van der Waals surface area contributed by atoms with E-state index in [0.717, 1.165) is 13.0 Å². The van der Waals surface area contributed by atoms with E-state index in [1.807, 2.05) is 13.8 Å². The fraction of sp³-hybridized carbons (Fsp3) is 1.00. The van der Waals surface area contributed by atoms with E-state index < -0.39 is 0 Å². The van der Waals surface area contributed by atoms with Gasteiger partial charge in [-0.25, -0.2) is 0 Å². The van der Waals surface area contributed by atoms with Gasteiger partial charge in [-0.15, -0.1) is 0 Å². The van der Waals surface area contributed by atoms with Crippen molar-refractivity contribution in [2.75, 3.05) is 33.4 Å². The minimum Gasteiger partial charge on any atom is -0.385 e. The molecule has 0 bridgehead atoms. The van der Waals surface area contributed by atoms with E-state index in [1.165, 1.54) is 38.9 Å². The average molecular weight is 217 g/mol. The Balaban J connectivity index is 0. The molecule has 0 amide bonds. The number of rotatable bonds is 9. The summed E-state index contributed by atoms with van der Waals surface area (Å²) in [5, 5.41) is 0. The van der Waals surface area contributed by atoms with Crippen molar-refractivity contribution in [3.8, 4) is 0 Å². The smallest absolute Gasteiger partial charge is 0.0474 e. The van der Waals surface area contributed by atoms with Crippen LogP contribution in [0.2, 0.25) is 0 Å². The normalized spacial score (nSPS) is 10.0. The molecule has 0 aromatic heterocycles. The van der Waals surface area contributed by atoms with Gasteiger partial charge >= 0.3 is 0 Å². The summed E-state index contributed by atoms with van der Waals surface area (Å²) in [6, 6.07) is 0. The minimum absolute atomic E-state index is 0.893. The van der Waals surface area contributed by atoms with Crippen molar-refractivity contribution in [2.45, 2.75) is 53.4 Å². The van der Waals surface area contributed by atoms with Crippen molar-refractivity contribution in [2.24, 2.45) is 0 Å². The second kappa shape index (κ2) is 16.4. The predicted octanol–water partition coefficient (Wildman–Crippen LogP) is 3.56. The van der Waals surface area contributed by atoms with Gasteiger partial charge in [0.05, 0.1) is 0 Å². The Morgan fingerprint density at radius 3 is 2.00 bits per heavy atom. The molecule has 2 heteroatoms. The van der Waals surface area contributed by atoms with Crippen molar-refractivity contribution in [3.05, 3.63) is 0 Å². The largest absolute Gasteiger partial charge is 0.385 e. The van der Waals surface area contributed by atoms with Gasteiger partial charge in [-0.3, -0.25) is 0 Å². The summed E-state index contributed by atoms with van der Waals surface area (Å²) in [6.07, 6.45) is 5.18. The van der Waals surface area contributed by atoms with Crippen molar-refractivity contribution in [3.63, 3.8) is 0 Å². The summed E-state index contributed by atoms with van der Waals surface area (Å²) < 4.78 is 5.04. The van der Waals surface area contributed by atoms with E-state index in [9.17, 15) is 0 Å². The topological polar surface area (TPSA) is 12.5 Å². The molecule has 0 aliphatic heterocycles. The molecule has 0 aliphatic carbocycles. The Kier molecular flexibility index (Phi) is 18.9. The van der Waals surface area contributed by atoms with E-state index in [2.05, 4.69) is 18.7 Å². The number of ether oxygens (including phenoxy) is 1. The minimum atomic E-state index is 0.893. The summed E-state index contributed by atoms with van der Waals surface area (Å²) in [5.41, 5.74) is 0. The Morgan fingerprint density at radius 2 is 1.53 bits per heavy atom. The molecule has 94 valence electrons. The van der Waals surface area contributed by atoms with Crippen molar-refractivity contribution in [1.82, 2.24) is 4.90 Å². The van der Waals surface area contributed by atoms with Crippen LogP contribution in [0.5, 0.6) is 0 Å². The molecule has 0 spiro atoms. The highest BCUT2D eigenvalue weighted by atomic mass is 16.5. The van der Waals surface area contributed by atoms with E-state index in [-0.39, 0.29) is 0 Å². The summed E-state index contributed by atoms with van der Waals surface area (Å²) in [4.78, 5) is 2.51. The van der Waals surface area contributed by atoms with Crippen LogP contribution < -0.4 is 0 Å². The van der Waals surface area contributed by atoms with Gasteiger partial charge in [0, 0.05) is 20.3 Å². The zero-order valence-electron chi connectivity index (χ0n) is 11.5. The molecule has 2 nitrogen and oxygen atoms in total. The van der Waals surface area contributed by atoms with Crippen molar-refractivity contribution < 1.29 is 4.74 Å². The first-order valence-electron chi connectivity index (χ1n) is 6.56. The Bertz CT molecular complexity index is 86.5. The number of unbranched alkanes of at least 4 members (excludes halogenated alkanes) is 2. The molecule has 0 atom stereocenters. The van der Waals surface area contributed by atoms with Gasteiger partial charge in [0.1, 0.15) is 0 Å². The number of nitrogens with zero attached hydrogens (tertiary/aromatic N) is 1. The van der Waals surface area contributed by atoms with Crippen LogP contribution in [0.4, 0.5) is 0 Å². The van der Waals surface area contributed by atoms with Crippen LogP contribution in [0.3, 0.4) is 0 Å². The van der Waals surface area contributed by atoms with Crippen LogP contribution >= 0.6 is 0 Å². The van der Waals surface area contributed by atoms with Crippen LogP contribution in [0, 0.1) is 0 Å². The molecule has 0 heterocycles. The monoisotopic (exact) mass is 217 g/mol. The molecule has 0 saturated carbocycles. The number of methoxy groups -OCH3 is 1. The van der Waals surface area contributed by atoms with Gasteiger partial charge < -0.3 is 9.64 Å². The molecule has 0 N–H and O–H groups in total. The summed E-state index contributed by atoms with van der Waals surface area (Å²) in [5.74, 6) is 0. The van der Waals surface area contributed by atoms with Gasteiger partial charge in [0.25, 0.3) is 0 Å². The SMILES string of the molecule is CC.CCCCCN(CC)CCCOC. The zero-order valence-corrected chi connectivity index (χ0v) is 11.5. The maximum atomic E-state index is 5.04. The van der Waals surface area contributed by atoms with Crippen LogP contribution in [0.15, 0.2) is 0 Å². The maximum Gasteiger partial charge on any atom is 0.0474 e. The van der Waals surface area contributed by atoms with Crippen molar-refractivity contribution in [1.29, 1.82) is 0 Å². The van der Waals surface area contributed by atoms with Crippen molar-refractivity contribution >= 4 is 0 Å². The first-order valence-corrected chi connectivity index (χ1v) is 6.56. The van der Waals surface area contributed by atoms with Gasteiger partial charge in [-0.1, -0.05) is 40.5 Å². The van der Waals surface area contributed by atoms with Gasteiger partial charge in [0.2, 0.25) is 0 Å². The first kappa shape index (κ1) is 17.3. The van der Waals surface area contributed by atoms with E-state index in [1.54, 1.807) is 7.11 Å². The molecular weight excluding hydrogens is 186 g/mol. The van der Waals surface area contributed by atoms with Crippen LogP contribution in [0.25, 0.3) is 0 Å². The van der Waals surface area contributed by atoms with Crippen LogP contribution in [-0.2, 0) is 4.74 Å². The third-order valence-electron chi connectivity index (χ3n) is 2.35.